The third kappa shape index (κ3) is 2.99. The van der Waals surface area contributed by atoms with Crippen molar-refractivity contribution in [2.75, 3.05) is 12.5 Å². The first kappa shape index (κ1) is 15.3. The summed E-state index contributed by atoms with van der Waals surface area (Å²) in [5.74, 6) is 0.997. The number of benzene rings is 1. The quantitative estimate of drug-likeness (QED) is 0.604. The lowest BCUT2D eigenvalue weighted by Gasteiger charge is -2.16. The minimum Gasteiger partial charge on any atom is -0.464 e. The maximum atomic E-state index is 12.0. The molecule has 0 saturated carbocycles. The van der Waals surface area contributed by atoms with Gasteiger partial charge in [0, 0.05) is 16.8 Å². The summed E-state index contributed by atoms with van der Waals surface area (Å²) in [6.07, 6.45) is 0.609. The Morgan fingerprint density at radius 1 is 1.55 bits per heavy atom. The van der Waals surface area contributed by atoms with Crippen molar-refractivity contribution >= 4 is 44.5 Å². The molecule has 0 aliphatic rings. The van der Waals surface area contributed by atoms with E-state index < -0.39 is 6.04 Å². The zero-order chi connectivity index (χ0) is 14.7. The molecule has 6 heteroatoms. The number of esters is 1. The van der Waals surface area contributed by atoms with E-state index in [9.17, 15) is 4.79 Å². The van der Waals surface area contributed by atoms with E-state index in [0.29, 0.717) is 18.9 Å². The summed E-state index contributed by atoms with van der Waals surface area (Å²) in [6.45, 7) is 3.98. The fraction of sp³-hybridized carbons (Fsp3) is 0.429. The molecule has 2 rings (SSSR count). The second-order valence-electron chi connectivity index (χ2n) is 4.40. The number of alkyl halides is 1. The number of carbonyl (C=O) groups excluding carboxylic acids is 1. The maximum absolute atomic E-state index is 12.0. The van der Waals surface area contributed by atoms with Crippen molar-refractivity contribution in [2.24, 2.45) is 0 Å². The Hall–Kier alpha value is -1.07. The van der Waals surface area contributed by atoms with E-state index >= 15 is 0 Å². The normalized spacial score (nSPS) is 12.6. The van der Waals surface area contributed by atoms with Gasteiger partial charge in [-0.05, 0) is 32.0 Å². The second kappa shape index (κ2) is 6.59. The molecule has 0 N–H and O–H groups in total. The number of hydrogen-bond acceptors (Lipinski definition) is 3. The first-order valence-electron chi connectivity index (χ1n) is 6.47. The van der Waals surface area contributed by atoms with Gasteiger partial charge in [-0.3, -0.25) is 0 Å². The highest BCUT2D eigenvalue weighted by molar-refractivity contribution is 9.10. The Morgan fingerprint density at radius 2 is 2.30 bits per heavy atom. The molecular formula is C14H16BrClN2O2. The van der Waals surface area contributed by atoms with Crippen molar-refractivity contribution in [1.82, 2.24) is 9.55 Å². The second-order valence-corrected chi connectivity index (χ2v) is 5.69. The van der Waals surface area contributed by atoms with Crippen LogP contribution >= 0.6 is 27.5 Å². The SMILES string of the molecule is CCOC(=O)C(C)n1c(CCCl)nc2ccc(Br)cc21. The molecule has 0 radical (unpaired) electrons. The van der Waals surface area contributed by atoms with Gasteiger partial charge in [-0.15, -0.1) is 11.6 Å². The van der Waals surface area contributed by atoms with Crippen molar-refractivity contribution in [3.05, 3.63) is 28.5 Å². The lowest BCUT2D eigenvalue weighted by atomic mass is 10.2. The molecule has 1 unspecified atom stereocenters. The van der Waals surface area contributed by atoms with E-state index in [1.165, 1.54) is 0 Å². The molecule has 4 nitrogen and oxygen atoms in total. The fourth-order valence-corrected chi connectivity index (χ4v) is 2.70. The van der Waals surface area contributed by atoms with Crippen molar-refractivity contribution in [3.8, 4) is 0 Å². The van der Waals surface area contributed by atoms with Crippen molar-refractivity contribution in [3.63, 3.8) is 0 Å². The van der Waals surface area contributed by atoms with E-state index in [0.717, 1.165) is 21.3 Å². The molecule has 108 valence electrons. The molecule has 20 heavy (non-hydrogen) atoms. The maximum Gasteiger partial charge on any atom is 0.328 e. The zero-order valence-electron chi connectivity index (χ0n) is 11.4. The third-order valence-electron chi connectivity index (χ3n) is 3.06. The highest BCUT2D eigenvalue weighted by Crippen LogP contribution is 2.25. The van der Waals surface area contributed by atoms with Gasteiger partial charge in [0.25, 0.3) is 0 Å². The lowest BCUT2D eigenvalue weighted by molar-refractivity contribution is -0.146. The predicted molar refractivity (Wildman–Crippen MR) is 83.2 cm³/mol. The van der Waals surface area contributed by atoms with Crippen LogP contribution in [0.2, 0.25) is 0 Å². The monoisotopic (exact) mass is 358 g/mol. The average Bonchev–Trinajstić information content (AvgIpc) is 2.76. The number of rotatable bonds is 5. The van der Waals surface area contributed by atoms with Crippen LogP contribution in [0.25, 0.3) is 11.0 Å². The molecule has 0 amide bonds. The van der Waals surface area contributed by atoms with Crippen molar-refractivity contribution in [2.45, 2.75) is 26.3 Å². The smallest absolute Gasteiger partial charge is 0.328 e. The molecule has 1 atom stereocenters. The van der Waals surface area contributed by atoms with E-state index in [-0.39, 0.29) is 5.97 Å². The number of carbonyl (C=O) groups is 1. The summed E-state index contributed by atoms with van der Waals surface area (Å²) in [5.41, 5.74) is 1.75. The largest absolute Gasteiger partial charge is 0.464 e. The summed E-state index contributed by atoms with van der Waals surface area (Å²) in [5, 5.41) is 0. The first-order chi connectivity index (χ1) is 9.58. The van der Waals surface area contributed by atoms with Gasteiger partial charge in [0.05, 0.1) is 17.6 Å². The van der Waals surface area contributed by atoms with Crippen LogP contribution in [0.5, 0.6) is 0 Å². The van der Waals surface area contributed by atoms with Crippen molar-refractivity contribution in [1.29, 1.82) is 0 Å². The lowest BCUT2D eigenvalue weighted by Crippen LogP contribution is -2.21. The molecule has 0 fully saturated rings. The Balaban J connectivity index is 2.55. The fourth-order valence-electron chi connectivity index (χ4n) is 2.18. The molecule has 1 aromatic heterocycles. The van der Waals surface area contributed by atoms with Crippen LogP contribution in [0.1, 0.15) is 25.7 Å². The van der Waals surface area contributed by atoms with Gasteiger partial charge in [0.1, 0.15) is 11.9 Å². The van der Waals surface area contributed by atoms with Gasteiger partial charge in [0.2, 0.25) is 0 Å². The highest BCUT2D eigenvalue weighted by atomic mass is 79.9. The van der Waals surface area contributed by atoms with Crippen LogP contribution in [0, 0.1) is 0 Å². The zero-order valence-corrected chi connectivity index (χ0v) is 13.7. The number of imidazole rings is 1. The predicted octanol–water partition coefficient (Wildman–Crippen LogP) is 3.70. The van der Waals surface area contributed by atoms with Gasteiger partial charge in [-0.25, -0.2) is 9.78 Å². The van der Waals surface area contributed by atoms with E-state index in [4.69, 9.17) is 16.3 Å². The third-order valence-corrected chi connectivity index (χ3v) is 3.74. The van der Waals surface area contributed by atoms with Crippen LogP contribution in [-0.4, -0.2) is 28.0 Å². The molecule has 2 aromatic rings. The summed E-state index contributed by atoms with van der Waals surface area (Å²) in [6, 6.07) is 5.38. The number of fused-ring (bicyclic) bond motifs is 1. The number of halogens is 2. The van der Waals surface area contributed by atoms with Crippen LogP contribution in [-0.2, 0) is 16.0 Å². The summed E-state index contributed by atoms with van der Waals surface area (Å²) < 4.78 is 7.95. The minimum absolute atomic E-state index is 0.261. The van der Waals surface area contributed by atoms with Gasteiger partial charge >= 0.3 is 5.97 Å². The van der Waals surface area contributed by atoms with E-state index in [1.807, 2.05) is 29.7 Å². The molecule has 0 aliphatic heterocycles. The molecule has 0 saturated heterocycles. The Labute approximate surface area is 131 Å². The number of hydrogen-bond donors (Lipinski definition) is 0. The topological polar surface area (TPSA) is 44.1 Å². The van der Waals surface area contributed by atoms with Gasteiger partial charge in [-0.2, -0.15) is 0 Å². The van der Waals surface area contributed by atoms with Crippen molar-refractivity contribution < 1.29 is 9.53 Å². The molecule has 1 aromatic carbocycles. The number of aryl methyl sites for hydroxylation is 1. The standard InChI is InChI=1S/C14H16BrClN2O2/c1-3-20-14(19)9(2)18-12-8-10(15)4-5-11(12)17-13(18)6-7-16/h4-5,8-9H,3,6-7H2,1-2H3. The number of ether oxygens (including phenoxy) is 1. The first-order valence-corrected chi connectivity index (χ1v) is 7.80. The summed E-state index contributed by atoms with van der Waals surface area (Å²) >= 11 is 9.28. The molecule has 0 bridgehead atoms. The molecule has 1 heterocycles. The molecular weight excluding hydrogens is 344 g/mol. The minimum atomic E-state index is -0.424. The van der Waals surface area contributed by atoms with Gasteiger partial charge in [0.15, 0.2) is 0 Å². The highest BCUT2D eigenvalue weighted by Gasteiger charge is 2.22. The van der Waals surface area contributed by atoms with Crippen LogP contribution in [0.15, 0.2) is 22.7 Å². The van der Waals surface area contributed by atoms with E-state index in [2.05, 4.69) is 20.9 Å². The Bertz CT molecular complexity index is 627. The number of nitrogens with zero attached hydrogens (tertiary/aromatic N) is 2. The Morgan fingerprint density at radius 3 is 2.95 bits per heavy atom. The summed E-state index contributed by atoms with van der Waals surface area (Å²) in [7, 11) is 0. The van der Waals surface area contributed by atoms with Crippen LogP contribution in [0.3, 0.4) is 0 Å². The van der Waals surface area contributed by atoms with Crippen LogP contribution < -0.4 is 0 Å². The van der Waals surface area contributed by atoms with E-state index in [1.54, 1.807) is 6.92 Å². The number of aromatic nitrogens is 2. The average molecular weight is 360 g/mol. The molecule has 0 aliphatic carbocycles. The summed E-state index contributed by atoms with van der Waals surface area (Å²) in [4.78, 5) is 16.6. The molecule has 0 spiro atoms. The van der Waals surface area contributed by atoms with Crippen LogP contribution in [0.4, 0.5) is 0 Å². The van der Waals surface area contributed by atoms with Gasteiger partial charge in [-0.1, -0.05) is 15.9 Å². The Kier molecular flexibility index (Phi) is 5.05. The van der Waals surface area contributed by atoms with Gasteiger partial charge < -0.3 is 9.30 Å².